The van der Waals surface area contributed by atoms with E-state index in [1.807, 2.05) is 18.2 Å². The molecular weight excluding hydrogens is 481 g/mol. The summed E-state index contributed by atoms with van der Waals surface area (Å²) in [6.45, 7) is 0.312. The zero-order chi connectivity index (χ0) is 25.0. The maximum atomic E-state index is 13.1. The van der Waals surface area contributed by atoms with Gasteiger partial charge < -0.3 is 15.3 Å². The highest BCUT2D eigenvalue weighted by Gasteiger charge is 2.39. The Balaban J connectivity index is 1.28. The molecule has 3 aromatic rings. The van der Waals surface area contributed by atoms with Crippen molar-refractivity contribution < 1.29 is 27.9 Å². The van der Waals surface area contributed by atoms with E-state index in [1.54, 1.807) is 6.07 Å². The van der Waals surface area contributed by atoms with Crippen LogP contribution in [-0.2, 0) is 16.6 Å². The van der Waals surface area contributed by atoms with E-state index in [0.29, 0.717) is 16.7 Å². The monoisotopic (exact) mass is 502 g/mol. The molecule has 1 atom stereocenters. The summed E-state index contributed by atoms with van der Waals surface area (Å²) >= 11 is 5.28. The molecule has 1 saturated heterocycles. The molecule has 182 valence electrons. The Hall–Kier alpha value is -3.31. The van der Waals surface area contributed by atoms with Gasteiger partial charge in [0.15, 0.2) is 0 Å². The minimum atomic E-state index is -4.51. The van der Waals surface area contributed by atoms with E-state index in [1.165, 1.54) is 21.6 Å². The summed E-state index contributed by atoms with van der Waals surface area (Å²) in [5, 5.41) is 14.8. The third kappa shape index (κ3) is 4.19. The fraction of sp³-hybridized carbons (Fsp3) is 0.333. The van der Waals surface area contributed by atoms with Crippen molar-refractivity contribution >= 4 is 40.8 Å². The van der Waals surface area contributed by atoms with Crippen LogP contribution in [-0.4, -0.2) is 50.5 Å². The lowest BCUT2D eigenvalue weighted by molar-refractivity contribution is -0.137. The molecule has 2 aliphatic rings. The van der Waals surface area contributed by atoms with Gasteiger partial charge in [-0.15, -0.1) is 0 Å². The number of halogens is 3. The van der Waals surface area contributed by atoms with Crippen LogP contribution in [0.25, 0.3) is 10.9 Å². The number of piperidine rings is 1. The molecule has 5 rings (SSSR count). The van der Waals surface area contributed by atoms with Gasteiger partial charge in [0.1, 0.15) is 11.9 Å². The Morgan fingerprint density at radius 1 is 1.17 bits per heavy atom. The van der Waals surface area contributed by atoms with Gasteiger partial charge in [0, 0.05) is 18.5 Å². The van der Waals surface area contributed by atoms with Crippen LogP contribution in [0, 0.1) is 4.77 Å². The fourth-order valence-electron chi connectivity index (χ4n) is 4.71. The number of para-hydroxylation sites is 1. The highest BCUT2D eigenvalue weighted by Crippen LogP contribution is 2.37. The number of benzene rings is 2. The van der Waals surface area contributed by atoms with Gasteiger partial charge in [0.05, 0.1) is 23.1 Å². The Labute approximate surface area is 203 Å². The van der Waals surface area contributed by atoms with Crippen LogP contribution in [0.1, 0.15) is 35.2 Å². The van der Waals surface area contributed by atoms with Gasteiger partial charge in [-0.05, 0) is 54.9 Å². The Morgan fingerprint density at radius 3 is 2.60 bits per heavy atom. The summed E-state index contributed by atoms with van der Waals surface area (Å²) < 4.78 is 40.7. The molecule has 7 nitrogen and oxygen atoms in total. The molecule has 2 aliphatic heterocycles. The standard InChI is InChI=1S/C24H21F3N4O3S/c25-24(26,27)15-5-3-4-14(12-15)23(34)8-10-30(11-9-23)19(32)13-18-21(33)31-20(28-18)16-6-1-2-7-17(16)29-22(31)35/h1-7,12,18,28,34H,8-11,13H2/t18-/m1/s1. The number of anilines is 1. The number of alkyl halides is 3. The lowest BCUT2D eigenvalue weighted by atomic mass is 9.83. The van der Waals surface area contributed by atoms with Crippen LogP contribution in [0.2, 0.25) is 0 Å². The highest BCUT2D eigenvalue weighted by molar-refractivity contribution is 7.71. The maximum Gasteiger partial charge on any atom is 0.416 e. The highest BCUT2D eigenvalue weighted by atomic mass is 32.1. The van der Waals surface area contributed by atoms with Gasteiger partial charge in [0.2, 0.25) is 10.7 Å². The van der Waals surface area contributed by atoms with E-state index in [2.05, 4.69) is 10.3 Å². The molecule has 1 aromatic heterocycles. The smallest absolute Gasteiger partial charge is 0.385 e. The average molecular weight is 503 g/mol. The number of carbonyl (C=O) groups excluding carboxylic acids is 2. The van der Waals surface area contributed by atoms with E-state index in [9.17, 15) is 27.9 Å². The number of rotatable bonds is 3. The molecule has 0 aliphatic carbocycles. The van der Waals surface area contributed by atoms with E-state index in [-0.39, 0.29) is 54.5 Å². The number of nitrogens with zero attached hydrogens (tertiary/aromatic N) is 3. The first-order valence-electron chi connectivity index (χ1n) is 11.1. The lowest BCUT2D eigenvalue weighted by Crippen LogP contribution is -2.46. The SMILES string of the molecule is O=C(C[C@H]1Nc2c3ccccc3nc(=S)n2C1=O)N1CCC(O)(c2cccc(C(F)(F)F)c2)CC1. The van der Waals surface area contributed by atoms with Gasteiger partial charge in [-0.2, -0.15) is 13.2 Å². The third-order valence-corrected chi connectivity index (χ3v) is 6.94. The molecule has 0 spiro atoms. The molecule has 3 heterocycles. The minimum Gasteiger partial charge on any atom is -0.385 e. The van der Waals surface area contributed by atoms with Crippen LogP contribution in [0.5, 0.6) is 0 Å². The maximum absolute atomic E-state index is 13.1. The first kappa shape index (κ1) is 23.4. The van der Waals surface area contributed by atoms with Crippen molar-refractivity contribution in [2.45, 2.75) is 37.1 Å². The van der Waals surface area contributed by atoms with Gasteiger partial charge >= 0.3 is 6.18 Å². The van der Waals surface area contributed by atoms with E-state index in [4.69, 9.17) is 12.2 Å². The quantitative estimate of drug-likeness (QED) is 0.524. The average Bonchev–Trinajstić information content (AvgIpc) is 3.16. The third-order valence-electron chi connectivity index (χ3n) is 6.67. The number of fused-ring (bicyclic) bond motifs is 3. The van der Waals surface area contributed by atoms with Crippen molar-refractivity contribution in [1.82, 2.24) is 14.5 Å². The van der Waals surface area contributed by atoms with Crippen LogP contribution in [0.15, 0.2) is 48.5 Å². The number of hydrogen-bond donors (Lipinski definition) is 2. The normalized spacial score (nSPS) is 19.5. The second kappa shape index (κ2) is 8.42. The largest absolute Gasteiger partial charge is 0.416 e. The molecule has 1 amide bonds. The van der Waals surface area contributed by atoms with Crippen molar-refractivity contribution in [2.75, 3.05) is 18.4 Å². The Morgan fingerprint density at radius 2 is 1.89 bits per heavy atom. The molecule has 11 heteroatoms. The van der Waals surface area contributed by atoms with E-state index in [0.717, 1.165) is 12.1 Å². The molecular formula is C24H21F3N4O3S. The first-order chi connectivity index (χ1) is 16.6. The number of amides is 1. The minimum absolute atomic E-state index is 0.0892. The zero-order valence-corrected chi connectivity index (χ0v) is 19.2. The zero-order valence-electron chi connectivity index (χ0n) is 18.4. The lowest BCUT2D eigenvalue weighted by Gasteiger charge is -2.39. The van der Waals surface area contributed by atoms with Crippen LogP contribution in [0.4, 0.5) is 19.0 Å². The van der Waals surface area contributed by atoms with E-state index >= 15 is 0 Å². The molecule has 1 fully saturated rings. The topological polar surface area (TPSA) is 87.5 Å². The number of aromatic nitrogens is 2. The number of aliphatic hydroxyl groups is 1. The van der Waals surface area contributed by atoms with Crippen LogP contribution in [0.3, 0.4) is 0 Å². The van der Waals surface area contributed by atoms with Crippen molar-refractivity contribution in [2.24, 2.45) is 0 Å². The molecule has 35 heavy (non-hydrogen) atoms. The Bertz CT molecular complexity index is 1400. The van der Waals surface area contributed by atoms with E-state index < -0.39 is 23.4 Å². The summed E-state index contributed by atoms with van der Waals surface area (Å²) in [6.07, 6.45) is -4.45. The van der Waals surface area contributed by atoms with Crippen molar-refractivity contribution in [1.29, 1.82) is 0 Å². The number of nitrogens with one attached hydrogen (secondary N) is 1. The molecule has 0 radical (unpaired) electrons. The predicted molar refractivity (Wildman–Crippen MR) is 124 cm³/mol. The molecule has 0 saturated carbocycles. The Kier molecular flexibility index (Phi) is 5.64. The summed E-state index contributed by atoms with van der Waals surface area (Å²) in [5.41, 5.74) is -1.47. The fourth-order valence-corrected chi connectivity index (χ4v) is 4.99. The molecule has 2 N–H and O–H groups in total. The summed E-state index contributed by atoms with van der Waals surface area (Å²) in [6, 6.07) is 11.1. The number of hydrogen-bond acceptors (Lipinski definition) is 6. The van der Waals surface area contributed by atoms with Gasteiger partial charge in [-0.1, -0.05) is 24.3 Å². The van der Waals surface area contributed by atoms with Crippen molar-refractivity contribution in [3.63, 3.8) is 0 Å². The molecule has 0 unspecified atom stereocenters. The summed E-state index contributed by atoms with van der Waals surface area (Å²) in [7, 11) is 0. The summed E-state index contributed by atoms with van der Waals surface area (Å²) in [4.78, 5) is 31.8. The second-order valence-corrected chi connectivity index (χ2v) is 9.19. The predicted octanol–water partition coefficient (Wildman–Crippen LogP) is 4.12. The number of carbonyl (C=O) groups is 2. The van der Waals surface area contributed by atoms with Crippen LogP contribution >= 0.6 is 12.2 Å². The molecule has 2 aromatic carbocycles. The van der Waals surface area contributed by atoms with Gasteiger partial charge in [0.25, 0.3) is 5.91 Å². The van der Waals surface area contributed by atoms with Crippen LogP contribution < -0.4 is 5.32 Å². The second-order valence-electron chi connectivity index (χ2n) is 8.83. The van der Waals surface area contributed by atoms with Gasteiger partial charge in [-0.25, -0.2) is 9.55 Å². The number of likely N-dealkylation sites (tertiary alicyclic amines) is 1. The van der Waals surface area contributed by atoms with Gasteiger partial charge in [-0.3, -0.25) is 9.59 Å². The summed E-state index contributed by atoms with van der Waals surface area (Å²) in [5.74, 6) is -0.159. The van der Waals surface area contributed by atoms with Crippen molar-refractivity contribution in [3.8, 4) is 0 Å². The van der Waals surface area contributed by atoms with Crippen molar-refractivity contribution in [3.05, 3.63) is 64.4 Å². The molecule has 0 bridgehead atoms. The first-order valence-corrected chi connectivity index (χ1v) is 11.5.